The molecule has 84 valence electrons. The van der Waals surface area contributed by atoms with Crippen LogP contribution in [0.2, 0.25) is 10.0 Å². The molecule has 6 heteroatoms. The summed E-state index contributed by atoms with van der Waals surface area (Å²) in [6, 6.07) is 4.51. The molecule has 0 aromatic heterocycles. The summed E-state index contributed by atoms with van der Waals surface area (Å²) in [4.78, 5) is 21.2. The summed E-state index contributed by atoms with van der Waals surface area (Å²) in [6.07, 6.45) is 1.48. The van der Waals surface area contributed by atoms with Gasteiger partial charge in [0.25, 0.3) is 0 Å². The lowest BCUT2D eigenvalue weighted by atomic mass is 10.3. The van der Waals surface area contributed by atoms with Crippen LogP contribution in [0.1, 0.15) is 0 Å². The molecule has 0 heterocycles. The summed E-state index contributed by atoms with van der Waals surface area (Å²) in [6.45, 7) is 0. The molecule has 0 atom stereocenters. The Balaban J connectivity index is 2.70. The van der Waals surface area contributed by atoms with E-state index in [9.17, 15) is 14.7 Å². The maximum absolute atomic E-state index is 11.1. The lowest BCUT2D eigenvalue weighted by Gasteiger charge is -2.03. The fraction of sp³-hybridized carbons (Fsp3) is 0. The molecule has 0 unspecified atom stereocenters. The van der Waals surface area contributed by atoms with Gasteiger partial charge < -0.3 is 15.2 Å². The van der Waals surface area contributed by atoms with Gasteiger partial charge in [-0.25, -0.2) is 0 Å². The number of rotatable bonds is 3. The second-order valence-corrected chi connectivity index (χ2v) is 3.58. The van der Waals surface area contributed by atoms with Crippen LogP contribution < -0.4 is 10.4 Å². The van der Waals surface area contributed by atoms with Crippen LogP contribution in [0.15, 0.2) is 30.4 Å². The maximum atomic E-state index is 11.1. The molecule has 4 nitrogen and oxygen atoms in total. The molecule has 0 saturated carbocycles. The van der Waals surface area contributed by atoms with Gasteiger partial charge in [0.05, 0.1) is 16.0 Å². The SMILES string of the molecule is O=C([O-])/C=C/C(=O)Nc1ccc(Cl)c(Cl)c1. The molecule has 0 spiro atoms. The summed E-state index contributed by atoms with van der Waals surface area (Å²) in [5, 5.41) is 13.1. The predicted molar refractivity (Wildman–Crippen MR) is 59.2 cm³/mol. The number of aliphatic carboxylic acids is 1. The molecule has 1 rings (SSSR count). The number of carboxylic acids is 1. The zero-order chi connectivity index (χ0) is 12.1. The molecule has 0 aliphatic carbocycles. The second-order valence-electron chi connectivity index (χ2n) is 2.77. The van der Waals surface area contributed by atoms with Gasteiger partial charge in [-0.1, -0.05) is 23.2 Å². The fourth-order valence-corrected chi connectivity index (χ4v) is 1.20. The number of nitrogens with one attached hydrogen (secondary N) is 1. The third kappa shape index (κ3) is 3.92. The van der Waals surface area contributed by atoms with E-state index in [2.05, 4.69) is 5.32 Å². The molecular weight excluding hydrogens is 253 g/mol. The van der Waals surface area contributed by atoms with Gasteiger partial charge in [0.2, 0.25) is 5.91 Å². The summed E-state index contributed by atoms with van der Waals surface area (Å²) in [7, 11) is 0. The summed E-state index contributed by atoms with van der Waals surface area (Å²) in [5.74, 6) is -2.04. The van der Waals surface area contributed by atoms with E-state index in [1.807, 2.05) is 0 Å². The highest BCUT2D eigenvalue weighted by atomic mass is 35.5. The third-order valence-corrected chi connectivity index (χ3v) is 2.30. The number of benzene rings is 1. The molecule has 0 bridgehead atoms. The number of carbonyl (C=O) groups excluding carboxylic acids is 2. The van der Waals surface area contributed by atoms with E-state index in [-0.39, 0.29) is 0 Å². The van der Waals surface area contributed by atoms with Gasteiger partial charge in [-0.15, -0.1) is 0 Å². The first kappa shape index (κ1) is 12.5. The number of halogens is 2. The van der Waals surface area contributed by atoms with Crippen molar-refractivity contribution in [3.8, 4) is 0 Å². The maximum Gasteiger partial charge on any atom is 0.248 e. The Bertz CT molecular complexity index is 457. The number of hydrogen-bond acceptors (Lipinski definition) is 3. The van der Waals surface area contributed by atoms with E-state index in [1.165, 1.54) is 12.1 Å². The highest BCUT2D eigenvalue weighted by Crippen LogP contribution is 2.24. The zero-order valence-electron chi connectivity index (χ0n) is 7.87. The van der Waals surface area contributed by atoms with E-state index in [4.69, 9.17) is 23.2 Å². The average Bonchev–Trinajstić information content (AvgIpc) is 2.21. The standard InChI is InChI=1S/C10H7Cl2NO3/c11-7-2-1-6(5-8(7)12)13-9(14)3-4-10(15)16/h1-5H,(H,13,14)(H,15,16)/p-1/b4-3+. The van der Waals surface area contributed by atoms with Crippen LogP contribution in [0.5, 0.6) is 0 Å². The lowest BCUT2D eigenvalue weighted by molar-refractivity contribution is -0.297. The normalized spacial score (nSPS) is 10.4. The second kappa shape index (κ2) is 5.53. The van der Waals surface area contributed by atoms with Gasteiger partial charge in [-0.3, -0.25) is 4.79 Å². The Morgan fingerprint density at radius 1 is 1.19 bits per heavy atom. The van der Waals surface area contributed by atoms with Gasteiger partial charge in [-0.05, 0) is 24.3 Å². The Morgan fingerprint density at radius 3 is 2.44 bits per heavy atom. The largest absolute Gasteiger partial charge is 0.545 e. The lowest BCUT2D eigenvalue weighted by Crippen LogP contribution is -2.20. The van der Waals surface area contributed by atoms with Crippen molar-refractivity contribution in [1.82, 2.24) is 0 Å². The molecule has 1 aromatic carbocycles. The third-order valence-electron chi connectivity index (χ3n) is 1.56. The Labute approximate surface area is 101 Å². The van der Waals surface area contributed by atoms with Crippen LogP contribution in [0.3, 0.4) is 0 Å². The quantitative estimate of drug-likeness (QED) is 0.830. The van der Waals surface area contributed by atoms with Crippen LogP contribution in [-0.2, 0) is 9.59 Å². The van der Waals surface area contributed by atoms with Crippen LogP contribution in [0.4, 0.5) is 5.69 Å². The minimum absolute atomic E-state index is 0.295. The monoisotopic (exact) mass is 258 g/mol. The van der Waals surface area contributed by atoms with Gasteiger partial charge >= 0.3 is 0 Å². The van der Waals surface area contributed by atoms with Crippen molar-refractivity contribution >= 4 is 40.8 Å². The number of hydrogen-bond donors (Lipinski definition) is 1. The van der Waals surface area contributed by atoms with Crippen molar-refractivity contribution < 1.29 is 14.7 Å². The smallest absolute Gasteiger partial charge is 0.248 e. The van der Waals surface area contributed by atoms with Gasteiger partial charge in [-0.2, -0.15) is 0 Å². The van der Waals surface area contributed by atoms with Crippen molar-refractivity contribution in [2.45, 2.75) is 0 Å². The first-order valence-electron chi connectivity index (χ1n) is 4.14. The number of anilines is 1. The van der Waals surface area contributed by atoms with E-state index < -0.39 is 11.9 Å². The molecule has 0 aliphatic rings. The fourth-order valence-electron chi connectivity index (χ4n) is 0.902. The van der Waals surface area contributed by atoms with Gasteiger partial charge in [0.1, 0.15) is 0 Å². The summed E-state index contributed by atoms with van der Waals surface area (Å²) < 4.78 is 0. The van der Waals surface area contributed by atoms with Crippen LogP contribution in [0.25, 0.3) is 0 Å². The van der Waals surface area contributed by atoms with Crippen molar-refractivity contribution in [3.63, 3.8) is 0 Å². The van der Waals surface area contributed by atoms with Gasteiger partial charge in [0, 0.05) is 11.8 Å². The van der Waals surface area contributed by atoms with E-state index in [0.29, 0.717) is 21.8 Å². The molecule has 0 aliphatic heterocycles. The topological polar surface area (TPSA) is 69.2 Å². The van der Waals surface area contributed by atoms with E-state index in [1.54, 1.807) is 6.07 Å². The van der Waals surface area contributed by atoms with Crippen molar-refractivity contribution in [3.05, 3.63) is 40.4 Å². The number of amides is 1. The first-order chi connectivity index (χ1) is 7.49. The molecule has 0 radical (unpaired) electrons. The minimum atomic E-state index is -1.44. The molecular formula is C10H6Cl2NO3-. The molecule has 0 saturated heterocycles. The minimum Gasteiger partial charge on any atom is -0.545 e. The Hall–Kier alpha value is -1.52. The van der Waals surface area contributed by atoms with Gasteiger partial charge in [0.15, 0.2) is 0 Å². The van der Waals surface area contributed by atoms with Crippen molar-refractivity contribution in [2.24, 2.45) is 0 Å². The van der Waals surface area contributed by atoms with Crippen LogP contribution >= 0.6 is 23.2 Å². The zero-order valence-corrected chi connectivity index (χ0v) is 9.38. The highest BCUT2D eigenvalue weighted by molar-refractivity contribution is 6.42. The average molecular weight is 259 g/mol. The number of carbonyl (C=O) groups is 2. The van der Waals surface area contributed by atoms with E-state index >= 15 is 0 Å². The molecule has 16 heavy (non-hydrogen) atoms. The first-order valence-corrected chi connectivity index (χ1v) is 4.89. The van der Waals surface area contributed by atoms with Crippen molar-refractivity contribution in [1.29, 1.82) is 0 Å². The molecule has 1 N–H and O–H groups in total. The molecule has 0 fully saturated rings. The molecule has 1 aromatic rings. The summed E-state index contributed by atoms with van der Waals surface area (Å²) in [5.41, 5.74) is 0.419. The summed E-state index contributed by atoms with van der Waals surface area (Å²) >= 11 is 11.4. The highest BCUT2D eigenvalue weighted by Gasteiger charge is 2.01. The van der Waals surface area contributed by atoms with Crippen molar-refractivity contribution in [2.75, 3.05) is 5.32 Å². The predicted octanol–water partition coefficient (Wildman–Crippen LogP) is 1.24. The number of carboxylic acid groups (broad SMARTS) is 1. The van der Waals surface area contributed by atoms with Crippen LogP contribution in [-0.4, -0.2) is 11.9 Å². The Kier molecular flexibility index (Phi) is 4.34. The van der Waals surface area contributed by atoms with Crippen LogP contribution in [0, 0.1) is 0 Å². The molecule has 1 amide bonds. The van der Waals surface area contributed by atoms with E-state index in [0.717, 1.165) is 6.08 Å². The Morgan fingerprint density at radius 2 is 1.88 bits per heavy atom.